The van der Waals surface area contributed by atoms with E-state index in [-0.39, 0.29) is 59.4 Å². The van der Waals surface area contributed by atoms with Crippen molar-refractivity contribution in [1.82, 2.24) is 14.9 Å². The minimum atomic E-state index is -0.381. The summed E-state index contributed by atoms with van der Waals surface area (Å²) in [6, 6.07) is 10.5. The fourth-order valence-electron chi connectivity index (χ4n) is 4.39. The smallest absolute Gasteiger partial charge is 0.271 e. The van der Waals surface area contributed by atoms with Gasteiger partial charge in [0.1, 0.15) is 11.1 Å². The lowest BCUT2D eigenvalue weighted by Gasteiger charge is -2.26. The van der Waals surface area contributed by atoms with Gasteiger partial charge in [-0.05, 0) is 45.6 Å². The molecule has 33 heavy (non-hydrogen) atoms. The van der Waals surface area contributed by atoms with Gasteiger partial charge in [-0.2, -0.15) is 0 Å². The number of amides is 1. The molecule has 1 fully saturated rings. The summed E-state index contributed by atoms with van der Waals surface area (Å²) in [4.78, 5) is 42.3. The third kappa shape index (κ3) is 4.71. The van der Waals surface area contributed by atoms with E-state index in [9.17, 15) is 19.5 Å². The van der Waals surface area contributed by atoms with Crippen LogP contribution in [0.4, 0.5) is 0 Å². The van der Waals surface area contributed by atoms with Gasteiger partial charge in [-0.15, -0.1) is 0 Å². The molecule has 3 N–H and O–H groups in total. The Bertz CT molecular complexity index is 1220. The van der Waals surface area contributed by atoms with Crippen LogP contribution in [0.5, 0.6) is 5.75 Å². The molecule has 0 unspecified atom stereocenters. The number of carbonyl (C=O) groups is 2. The van der Waals surface area contributed by atoms with Crippen LogP contribution in [0.25, 0.3) is 10.9 Å². The van der Waals surface area contributed by atoms with Crippen molar-refractivity contribution in [2.45, 2.75) is 58.2 Å². The zero-order valence-corrected chi connectivity index (χ0v) is 18.9. The number of aryl methyl sites for hydroxylation is 1. The van der Waals surface area contributed by atoms with Crippen LogP contribution in [0.15, 0.2) is 41.2 Å². The normalized spacial score (nSPS) is 18.3. The van der Waals surface area contributed by atoms with E-state index in [0.717, 1.165) is 0 Å². The lowest BCUT2D eigenvalue weighted by atomic mass is 9.93. The van der Waals surface area contributed by atoms with Crippen molar-refractivity contribution in [2.24, 2.45) is 0 Å². The van der Waals surface area contributed by atoms with Crippen molar-refractivity contribution in [1.29, 1.82) is 0 Å². The molecule has 2 heterocycles. The number of aromatic nitrogens is 2. The monoisotopic (exact) mass is 451 g/mol. The molecule has 0 aliphatic heterocycles. The molecule has 4 rings (SSSR count). The number of hydrogen-bond donors (Lipinski definition) is 3. The number of ether oxygens (including phenoxy) is 1. The van der Waals surface area contributed by atoms with Crippen molar-refractivity contribution >= 4 is 22.6 Å². The molecule has 3 aromatic rings. The lowest BCUT2D eigenvalue weighted by molar-refractivity contribution is 0.0860. The molecule has 0 radical (unpaired) electrons. The predicted octanol–water partition coefficient (Wildman–Crippen LogP) is 2.95. The van der Waals surface area contributed by atoms with E-state index in [1.807, 2.05) is 6.07 Å². The molecular formula is C25H29N3O5. The van der Waals surface area contributed by atoms with Gasteiger partial charge in [-0.1, -0.05) is 30.3 Å². The average molecular weight is 452 g/mol. The second-order valence-corrected chi connectivity index (χ2v) is 8.50. The number of aliphatic hydroxyl groups is 1. The molecule has 0 bridgehead atoms. The zero-order valence-electron chi connectivity index (χ0n) is 18.9. The number of rotatable bonds is 7. The summed E-state index contributed by atoms with van der Waals surface area (Å²) < 4.78 is 7.17. The summed E-state index contributed by atoms with van der Waals surface area (Å²) >= 11 is 0. The van der Waals surface area contributed by atoms with E-state index < -0.39 is 0 Å². The largest absolute Gasteiger partial charge is 0.491 e. The number of Topliss-reactive ketones (excluding diaryl/α,β-unsaturated/α-hetero) is 1. The van der Waals surface area contributed by atoms with Gasteiger partial charge in [0.15, 0.2) is 11.5 Å². The minimum Gasteiger partial charge on any atom is -0.491 e. The molecule has 1 aromatic carbocycles. The third-order valence-corrected chi connectivity index (χ3v) is 6.17. The molecule has 0 saturated heterocycles. The molecule has 2 aromatic heterocycles. The number of hydrogen-bond acceptors (Lipinski definition) is 5. The van der Waals surface area contributed by atoms with Crippen LogP contribution in [0.2, 0.25) is 0 Å². The highest BCUT2D eigenvalue weighted by molar-refractivity contribution is 6.03. The first-order chi connectivity index (χ1) is 15.9. The number of ketones is 1. The highest BCUT2D eigenvalue weighted by Crippen LogP contribution is 2.29. The topological polar surface area (TPSA) is 113 Å². The number of aliphatic hydroxyl groups excluding tert-OH is 1. The SMILES string of the molecule is CCOc1c(C(=O)NC2CCC(O)CC2)[nH]c2cc(C)n(CC(=O)c3ccccc3)c(=O)c12. The van der Waals surface area contributed by atoms with E-state index in [1.54, 1.807) is 44.2 Å². The average Bonchev–Trinajstić information content (AvgIpc) is 3.17. The Labute approximate surface area is 191 Å². The van der Waals surface area contributed by atoms with Crippen molar-refractivity contribution in [3.63, 3.8) is 0 Å². The highest BCUT2D eigenvalue weighted by Gasteiger charge is 2.27. The second kappa shape index (κ2) is 9.62. The highest BCUT2D eigenvalue weighted by atomic mass is 16.5. The van der Waals surface area contributed by atoms with Gasteiger partial charge in [0, 0.05) is 17.3 Å². The molecule has 0 atom stereocenters. The van der Waals surface area contributed by atoms with Crippen molar-refractivity contribution < 1.29 is 19.4 Å². The first-order valence-corrected chi connectivity index (χ1v) is 11.3. The maximum Gasteiger partial charge on any atom is 0.271 e. The molecule has 1 saturated carbocycles. The van der Waals surface area contributed by atoms with Crippen LogP contribution < -0.4 is 15.6 Å². The summed E-state index contributed by atoms with van der Waals surface area (Å²) in [5.74, 6) is -0.321. The maximum absolute atomic E-state index is 13.4. The number of fused-ring (bicyclic) bond motifs is 1. The Balaban J connectivity index is 1.69. The summed E-state index contributed by atoms with van der Waals surface area (Å²) in [5, 5.41) is 13.0. The van der Waals surface area contributed by atoms with Crippen molar-refractivity contribution in [2.75, 3.05) is 6.61 Å². The van der Waals surface area contributed by atoms with Gasteiger partial charge in [0.25, 0.3) is 11.5 Å². The number of pyridine rings is 1. The van der Waals surface area contributed by atoms with Gasteiger partial charge in [-0.25, -0.2) is 0 Å². The summed E-state index contributed by atoms with van der Waals surface area (Å²) in [6.45, 7) is 3.72. The number of benzene rings is 1. The van der Waals surface area contributed by atoms with Gasteiger partial charge >= 0.3 is 0 Å². The fraction of sp³-hybridized carbons (Fsp3) is 0.400. The Hall–Kier alpha value is -3.39. The molecule has 8 nitrogen and oxygen atoms in total. The predicted molar refractivity (Wildman–Crippen MR) is 125 cm³/mol. The molecular weight excluding hydrogens is 422 g/mol. The first kappa shape index (κ1) is 22.8. The van der Waals surface area contributed by atoms with Gasteiger partial charge in [0.2, 0.25) is 0 Å². The van der Waals surface area contributed by atoms with Crippen LogP contribution in [0.1, 0.15) is 59.1 Å². The van der Waals surface area contributed by atoms with E-state index in [4.69, 9.17) is 4.74 Å². The van der Waals surface area contributed by atoms with Crippen LogP contribution >= 0.6 is 0 Å². The molecule has 0 spiro atoms. The lowest BCUT2D eigenvalue weighted by Crippen LogP contribution is -2.38. The van der Waals surface area contributed by atoms with Crippen LogP contribution in [0.3, 0.4) is 0 Å². The molecule has 1 aliphatic carbocycles. The number of nitrogens with zero attached hydrogens (tertiary/aromatic N) is 1. The summed E-state index contributed by atoms with van der Waals surface area (Å²) in [7, 11) is 0. The van der Waals surface area contributed by atoms with Crippen LogP contribution in [0, 0.1) is 6.92 Å². The number of aromatic amines is 1. The summed E-state index contributed by atoms with van der Waals surface area (Å²) in [5.41, 5.74) is 1.44. The number of carbonyl (C=O) groups excluding carboxylic acids is 2. The number of nitrogens with one attached hydrogen (secondary N) is 2. The quantitative estimate of drug-likeness (QED) is 0.478. The van der Waals surface area contributed by atoms with Crippen LogP contribution in [-0.4, -0.2) is 45.1 Å². The molecule has 1 amide bonds. The van der Waals surface area contributed by atoms with E-state index in [0.29, 0.717) is 42.5 Å². The zero-order chi connectivity index (χ0) is 23.5. The molecule has 8 heteroatoms. The van der Waals surface area contributed by atoms with E-state index in [1.165, 1.54) is 4.57 Å². The van der Waals surface area contributed by atoms with Gasteiger partial charge < -0.3 is 24.7 Å². The Kier molecular flexibility index (Phi) is 6.65. The Morgan fingerprint density at radius 1 is 1.18 bits per heavy atom. The van der Waals surface area contributed by atoms with Crippen molar-refractivity contribution in [3.8, 4) is 5.75 Å². The Morgan fingerprint density at radius 2 is 1.88 bits per heavy atom. The molecule has 174 valence electrons. The minimum absolute atomic E-state index is 0.0383. The van der Waals surface area contributed by atoms with Gasteiger partial charge in [0.05, 0.1) is 24.8 Å². The van der Waals surface area contributed by atoms with Crippen LogP contribution in [-0.2, 0) is 6.54 Å². The van der Waals surface area contributed by atoms with Gasteiger partial charge in [-0.3, -0.25) is 14.4 Å². The van der Waals surface area contributed by atoms with E-state index in [2.05, 4.69) is 10.3 Å². The fourth-order valence-corrected chi connectivity index (χ4v) is 4.39. The number of H-pyrrole nitrogens is 1. The molecule has 1 aliphatic rings. The van der Waals surface area contributed by atoms with E-state index >= 15 is 0 Å². The standard InChI is InChI=1S/C25H29N3O5/c1-3-33-23-21-19(27-22(23)24(31)26-17-9-11-18(29)12-10-17)13-15(2)28(25(21)32)14-20(30)16-7-5-4-6-8-16/h4-8,13,17-18,27,29H,3,9-12,14H2,1-2H3,(H,26,31). The summed E-state index contributed by atoms with van der Waals surface area (Å²) in [6.07, 6.45) is 2.38. The third-order valence-electron chi connectivity index (χ3n) is 6.17. The van der Waals surface area contributed by atoms with Crippen molar-refractivity contribution in [3.05, 3.63) is 63.7 Å². The Morgan fingerprint density at radius 3 is 2.55 bits per heavy atom. The first-order valence-electron chi connectivity index (χ1n) is 11.3. The maximum atomic E-state index is 13.4. The second-order valence-electron chi connectivity index (χ2n) is 8.50.